The van der Waals surface area contributed by atoms with Crippen LogP contribution >= 0.6 is 11.3 Å². The molecule has 26 heavy (non-hydrogen) atoms. The first-order chi connectivity index (χ1) is 12.6. The molecule has 0 atom stereocenters. The predicted octanol–water partition coefficient (Wildman–Crippen LogP) is 3.69. The van der Waals surface area contributed by atoms with Gasteiger partial charge in [0.15, 0.2) is 0 Å². The van der Waals surface area contributed by atoms with E-state index in [0.717, 1.165) is 26.6 Å². The van der Waals surface area contributed by atoms with E-state index < -0.39 is 11.9 Å². The van der Waals surface area contributed by atoms with Gasteiger partial charge in [-0.25, -0.2) is 9.78 Å². The quantitative estimate of drug-likeness (QED) is 0.722. The highest BCUT2D eigenvalue weighted by molar-refractivity contribution is 7.19. The lowest BCUT2D eigenvalue weighted by Crippen LogP contribution is -2.25. The Labute approximate surface area is 153 Å². The number of thiazole rings is 1. The number of nitrogens with one attached hydrogen (secondary N) is 1. The van der Waals surface area contributed by atoms with Crippen molar-refractivity contribution in [3.05, 3.63) is 60.7 Å². The number of hydrogen-bond donors (Lipinski definition) is 1. The van der Waals surface area contributed by atoms with Gasteiger partial charge in [-0.1, -0.05) is 72.0 Å². The van der Waals surface area contributed by atoms with Crippen molar-refractivity contribution in [1.82, 2.24) is 15.2 Å². The third-order valence-corrected chi connectivity index (χ3v) is 4.94. The molecule has 0 saturated carbocycles. The summed E-state index contributed by atoms with van der Waals surface area (Å²) in [6.07, 6.45) is 0. The Morgan fingerprint density at radius 3 is 2.15 bits per heavy atom. The van der Waals surface area contributed by atoms with E-state index >= 15 is 0 Å². The molecule has 0 radical (unpaired) electrons. The molecule has 6 nitrogen and oxygen atoms in total. The van der Waals surface area contributed by atoms with Crippen molar-refractivity contribution in [2.24, 2.45) is 4.99 Å². The third-order valence-electron chi connectivity index (χ3n) is 3.94. The van der Waals surface area contributed by atoms with E-state index in [9.17, 15) is 9.59 Å². The Morgan fingerprint density at radius 1 is 0.962 bits per heavy atom. The van der Waals surface area contributed by atoms with Gasteiger partial charge in [-0.05, 0) is 5.56 Å². The number of rotatable bonds is 3. The molecule has 3 amide bonds. The standard InChI is InChI=1S/C19H14N4O2S/c1-23-17(24)16(22-19(23)25)21-18-20-14(12-8-4-2-5-9-12)15(26-18)13-10-6-3-7-11-13/h2-11H,1H3,(H,20,21,22,25). The molecule has 0 aliphatic carbocycles. The van der Waals surface area contributed by atoms with Crippen molar-refractivity contribution in [2.45, 2.75) is 0 Å². The lowest BCUT2D eigenvalue weighted by Gasteiger charge is -2.02. The van der Waals surface area contributed by atoms with Gasteiger partial charge in [-0.3, -0.25) is 15.0 Å². The van der Waals surface area contributed by atoms with Crippen LogP contribution in [0.1, 0.15) is 0 Å². The minimum Gasteiger partial charge on any atom is -0.287 e. The Bertz CT molecular complexity index is 956. The second-order valence-corrected chi connectivity index (χ2v) is 6.64. The van der Waals surface area contributed by atoms with E-state index in [-0.39, 0.29) is 5.84 Å². The molecule has 1 aromatic heterocycles. The minimum absolute atomic E-state index is 0.00882. The van der Waals surface area contributed by atoms with Crippen molar-refractivity contribution >= 4 is 34.2 Å². The lowest BCUT2D eigenvalue weighted by molar-refractivity contribution is -0.119. The second-order valence-electron chi connectivity index (χ2n) is 5.66. The maximum absolute atomic E-state index is 12.0. The molecule has 1 aliphatic rings. The smallest absolute Gasteiger partial charge is 0.287 e. The summed E-state index contributed by atoms with van der Waals surface area (Å²) in [7, 11) is 1.41. The zero-order valence-electron chi connectivity index (χ0n) is 13.8. The van der Waals surface area contributed by atoms with Crippen LogP contribution in [0.25, 0.3) is 21.7 Å². The largest absolute Gasteiger partial charge is 0.329 e. The van der Waals surface area contributed by atoms with Gasteiger partial charge >= 0.3 is 6.03 Å². The average Bonchev–Trinajstić information content (AvgIpc) is 3.20. The molecule has 1 N–H and O–H groups in total. The van der Waals surface area contributed by atoms with Gasteiger partial charge in [0.2, 0.25) is 11.0 Å². The van der Waals surface area contributed by atoms with Crippen LogP contribution in [0.3, 0.4) is 0 Å². The number of hydrogen-bond acceptors (Lipinski definition) is 5. The van der Waals surface area contributed by atoms with Crippen LogP contribution in [0.5, 0.6) is 0 Å². The van der Waals surface area contributed by atoms with Crippen LogP contribution in [0.4, 0.5) is 9.93 Å². The van der Waals surface area contributed by atoms with Gasteiger partial charge in [0.1, 0.15) is 0 Å². The second kappa shape index (κ2) is 6.53. The van der Waals surface area contributed by atoms with Gasteiger partial charge in [0.25, 0.3) is 5.91 Å². The normalized spacial score (nSPS) is 15.6. The summed E-state index contributed by atoms with van der Waals surface area (Å²) >= 11 is 1.38. The van der Waals surface area contributed by atoms with E-state index in [1.165, 1.54) is 18.4 Å². The van der Waals surface area contributed by atoms with Gasteiger partial charge in [-0.2, -0.15) is 4.99 Å². The van der Waals surface area contributed by atoms with Gasteiger partial charge in [0.05, 0.1) is 10.6 Å². The molecule has 2 aromatic carbocycles. The molecule has 0 bridgehead atoms. The topological polar surface area (TPSA) is 74.7 Å². The van der Waals surface area contributed by atoms with Crippen LogP contribution in [-0.4, -0.2) is 34.7 Å². The molecular weight excluding hydrogens is 348 g/mol. The zero-order valence-corrected chi connectivity index (χ0v) is 14.7. The Morgan fingerprint density at radius 2 is 1.58 bits per heavy atom. The fourth-order valence-corrected chi connectivity index (χ4v) is 3.57. The maximum Gasteiger partial charge on any atom is 0.329 e. The summed E-state index contributed by atoms with van der Waals surface area (Å²) < 4.78 is 0. The van der Waals surface area contributed by atoms with Crippen molar-refractivity contribution in [1.29, 1.82) is 0 Å². The summed E-state index contributed by atoms with van der Waals surface area (Å²) in [4.78, 5) is 34.5. The molecular formula is C19H14N4O2S. The highest BCUT2D eigenvalue weighted by atomic mass is 32.1. The molecule has 128 valence electrons. The number of urea groups is 1. The summed E-state index contributed by atoms with van der Waals surface area (Å²) in [5.74, 6) is -0.474. The molecule has 1 saturated heterocycles. The highest BCUT2D eigenvalue weighted by Gasteiger charge is 2.32. The van der Waals surface area contributed by atoms with Crippen LogP contribution in [-0.2, 0) is 4.79 Å². The maximum atomic E-state index is 12.0. The Hall–Kier alpha value is -3.32. The van der Waals surface area contributed by atoms with Gasteiger partial charge < -0.3 is 0 Å². The van der Waals surface area contributed by atoms with Crippen LogP contribution in [0.15, 0.2) is 65.7 Å². The van der Waals surface area contributed by atoms with Gasteiger partial charge in [0, 0.05) is 12.6 Å². The van der Waals surface area contributed by atoms with E-state index in [2.05, 4.69) is 15.3 Å². The first-order valence-corrected chi connectivity index (χ1v) is 8.74. The molecule has 0 unspecified atom stereocenters. The van der Waals surface area contributed by atoms with Crippen LogP contribution < -0.4 is 5.32 Å². The summed E-state index contributed by atoms with van der Waals surface area (Å²) in [6, 6.07) is 19.2. The molecule has 2 heterocycles. The van der Waals surface area contributed by atoms with E-state index in [4.69, 9.17) is 0 Å². The van der Waals surface area contributed by atoms with Crippen LogP contribution in [0, 0.1) is 0 Å². The molecule has 1 fully saturated rings. The van der Waals surface area contributed by atoms with E-state index in [1.807, 2.05) is 60.7 Å². The molecule has 3 aromatic rings. The van der Waals surface area contributed by atoms with Crippen molar-refractivity contribution in [2.75, 3.05) is 7.05 Å². The van der Waals surface area contributed by atoms with Crippen molar-refractivity contribution in [3.63, 3.8) is 0 Å². The van der Waals surface area contributed by atoms with E-state index in [1.54, 1.807) is 0 Å². The zero-order chi connectivity index (χ0) is 18.1. The Balaban J connectivity index is 1.82. The van der Waals surface area contributed by atoms with Crippen molar-refractivity contribution in [3.8, 4) is 21.7 Å². The molecule has 7 heteroatoms. The number of imide groups is 1. The fraction of sp³-hybridized carbons (Fsp3) is 0.0526. The van der Waals surface area contributed by atoms with Gasteiger partial charge in [-0.15, -0.1) is 0 Å². The summed E-state index contributed by atoms with van der Waals surface area (Å²) in [5, 5.41) is 2.88. The predicted molar refractivity (Wildman–Crippen MR) is 101 cm³/mol. The lowest BCUT2D eigenvalue weighted by atomic mass is 10.1. The number of carbonyl (C=O) groups excluding carboxylic acids is 2. The third kappa shape index (κ3) is 2.89. The summed E-state index contributed by atoms with van der Waals surface area (Å²) in [6.45, 7) is 0. The SMILES string of the molecule is CN1C(=O)NC(=Nc2nc(-c3ccccc3)c(-c3ccccc3)s2)C1=O. The molecule has 0 spiro atoms. The fourth-order valence-electron chi connectivity index (χ4n) is 2.59. The molecule has 4 rings (SSSR count). The average molecular weight is 362 g/mol. The highest BCUT2D eigenvalue weighted by Crippen LogP contribution is 2.40. The number of aromatic nitrogens is 1. The summed E-state index contributed by atoms with van der Waals surface area (Å²) in [5.41, 5.74) is 2.79. The first-order valence-electron chi connectivity index (χ1n) is 7.93. The minimum atomic E-state index is -0.489. The number of likely N-dealkylation sites (N-methyl/N-ethyl adjacent to an activating group) is 1. The number of nitrogens with zero attached hydrogens (tertiary/aromatic N) is 3. The number of amides is 3. The number of amidine groups is 1. The van der Waals surface area contributed by atoms with E-state index in [0.29, 0.717) is 5.13 Å². The number of carbonyl (C=O) groups is 2. The van der Waals surface area contributed by atoms with Crippen LogP contribution in [0.2, 0.25) is 0 Å². The van der Waals surface area contributed by atoms with Crippen molar-refractivity contribution < 1.29 is 9.59 Å². The monoisotopic (exact) mass is 362 g/mol. The first kappa shape index (κ1) is 16.2. The number of benzene rings is 2. The number of aliphatic imine (C=N–C) groups is 1. The Kier molecular flexibility index (Phi) is 4.06. The molecule has 1 aliphatic heterocycles.